The smallest absolute Gasteiger partial charge is 0.266 e. The van der Waals surface area contributed by atoms with E-state index < -0.39 is 5.91 Å². The Morgan fingerprint density at radius 3 is 2.80 bits per heavy atom. The molecule has 5 nitrogen and oxygen atoms in total. The Morgan fingerprint density at radius 2 is 2.07 bits per heavy atom. The van der Waals surface area contributed by atoms with Crippen molar-refractivity contribution in [3.8, 4) is 6.19 Å². The van der Waals surface area contributed by atoms with E-state index in [1.54, 1.807) is 18.3 Å². The second kappa shape index (κ2) is 3.72. The largest absolute Gasteiger partial charge is 0.284 e. The second-order valence-corrected chi connectivity index (χ2v) is 2.81. The Labute approximate surface area is 85.4 Å². The predicted molar refractivity (Wildman–Crippen MR) is 52.6 cm³/mol. The molecule has 0 unspecified atom stereocenters. The molecule has 0 radical (unpaired) electrons. The molecule has 1 amide bonds. The van der Waals surface area contributed by atoms with Gasteiger partial charge < -0.3 is 0 Å². The highest BCUT2D eigenvalue weighted by Crippen LogP contribution is 2.07. The summed E-state index contributed by atoms with van der Waals surface area (Å²) in [4.78, 5) is 19.4. The fourth-order valence-corrected chi connectivity index (χ4v) is 1.18. The van der Waals surface area contributed by atoms with E-state index in [0.717, 1.165) is 0 Å². The highest BCUT2D eigenvalue weighted by molar-refractivity contribution is 5.94. The molecule has 1 heterocycles. The van der Waals surface area contributed by atoms with Gasteiger partial charge in [0.15, 0.2) is 6.19 Å². The lowest BCUT2D eigenvalue weighted by molar-refractivity contribution is 0.0968. The van der Waals surface area contributed by atoms with Crippen molar-refractivity contribution in [3.05, 3.63) is 36.2 Å². The Hall–Kier alpha value is -2.48. The number of benzene rings is 1. The number of carbonyl (C=O) groups excluding carboxylic acids is 1. The summed E-state index contributed by atoms with van der Waals surface area (Å²) in [5.41, 5.74) is 1.48. The summed E-state index contributed by atoms with van der Waals surface area (Å²) in [5, 5.41) is 10.3. The topological polar surface area (TPSA) is 78.7 Å². The number of para-hydroxylation sites is 2. The predicted octanol–water partition coefficient (Wildman–Crippen LogP) is 0.841. The molecule has 0 saturated carbocycles. The third-order valence-electron chi connectivity index (χ3n) is 1.85. The average Bonchev–Trinajstić information content (AvgIpc) is 2.29. The number of fused-ring (bicyclic) bond motifs is 1. The number of rotatable bonds is 1. The third-order valence-corrected chi connectivity index (χ3v) is 1.85. The summed E-state index contributed by atoms with van der Waals surface area (Å²) >= 11 is 0. The van der Waals surface area contributed by atoms with Crippen LogP contribution in [0.4, 0.5) is 0 Å². The van der Waals surface area contributed by atoms with E-state index in [9.17, 15) is 4.79 Å². The Morgan fingerprint density at radius 1 is 1.33 bits per heavy atom. The Balaban J connectivity index is 2.48. The number of nitriles is 1. The first-order chi connectivity index (χ1) is 7.31. The van der Waals surface area contributed by atoms with Gasteiger partial charge in [-0.25, -0.2) is 4.98 Å². The minimum atomic E-state index is -0.546. The maximum absolute atomic E-state index is 11.3. The number of nitrogens with zero attached hydrogens (tertiary/aromatic N) is 3. The van der Waals surface area contributed by atoms with Crippen LogP contribution in [0.1, 0.15) is 10.5 Å². The Bertz CT molecular complexity index is 559. The zero-order valence-electron chi connectivity index (χ0n) is 7.64. The van der Waals surface area contributed by atoms with Crippen molar-refractivity contribution in [3.63, 3.8) is 0 Å². The van der Waals surface area contributed by atoms with Crippen LogP contribution in [-0.4, -0.2) is 15.9 Å². The summed E-state index contributed by atoms with van der Waals surface area (Å²) in [7, 11) is 0. The van der Waals surface area contributed by atoms with Crippen LogP contribution in [-0.2, 0) is 0 Å². The molecule has 2 rings (SSSR count). The Kier molecular flexibility index (Phi) is 2.25. The van der Waals surface area contributed by atoms with E-state index in [1.165, 1.54) is 6.20 Å². The van der Waals surface area contributed by atoms with Gasteiger partial charge in [0.05, 0.1) is 17.2 Å². The average molecular weight is 198 g/mol. The molecular weight excluding hydrogens is 192 g/mol. The third kappa shape index (κ3) is 1.74. The molecule has 0 atom stereocenters. The van der Waals surface area contributed by atoms with Crippen molar-refractivity contribution in [1.82, 2.24) is 15.3 Å². The van der Waals surface area contributed by atoms with Crippen LogP contribution in [0.3, 0.4) is 0 Å². The van der Waals surface area contributed by atoms with E-state index in [2.05, 4.69) is 9.97 Å². The summed E-state index contributed by atoms with van der Waals surface area (Å²) in [5.74, 6) is -0.546. The van der Waals surface area contributed by atoms with Crippen molar-refractivity contribution in [2.45, 2.75) is 0 Å². The van der Waals surface area contributed by atoms with Crippen molar-refractivity contribution in [2.75, 3.05) is 0 Å². The number of hydrogen-bond donors (Lipinski definition) is 1. The maximum atomic E-state index is 11.3. The highest BCUT2D eigenvalue weighted by Gasteiger charge is 2.07. The van der Waals surface area contributed by atoms with Crippen LogP contribution in [0.5, 0.6) is 0 Å². The van der Waals surface area contributed by atoms with E-state index in [4.69, 9.17) is 5.26 Å². The molecule has 1 aromatic carbocycles. The van der Waals surface area contributed by atoms with Crippen LogP contribution >= 0.6 is 0 Å². The van der Waals surface area contributed by atoms with Gasteiger partial charge in [-0.2, -0.15) is 5.26 Å². The quantitative estimate of drug-likeness (QED) is 0.544. The van der Waals surface area contributed by atoms with Crippen molar-refractivity contribution < 1.29 is 4.79 Å². The van der Waals surface area contributed by atoms with Gasteiger partial charge in [0.2, 0.25) is 0 Å². The lowest BCUT2D eigenvalue weighted by Crippen LogP contribution is -2.18. The minimum Gasteiger partial charge on any atom is -0.266 e. The first-order valence-corrected chi connectivity index (χ1v) is 4.22. The number of aromatic nitrogens is 2. The zero-order chi connectivity index (χ0) is 10.7. The van der Waals surface area contributed by atoms with Gasteiger partial charge in [0.25, 0.3) is 5.91 Å². The maximum Gasteiger partial charge on any atom is 0.284 e. The standard InChI is InChI=1S/C10H6N4O/c11-6-13-10(15)9-5-12-7-3-1-2-4-8(7)14-9/h1-5H,(H,13,15). The second-order valence-electron chi connectivity index (χ2n) is 2.81. The molecule has 72 valence electrons. The molecule has 1 aromatic heterocycles. The van der Waals surface area contributed by atoms with E-state index in [1.807, 2.05) is 17.4 Å². The first kappa shape index (κ1) is 9.09. The van der Waals surface area contributed by atoms with Gasteiger partial charge in [-0.3, -0.25) is 15.1 Å². The monoisotopic (exact) mass is 198 g/mol. The molecule has 0 spiro atoms. The number of carbonyl (C=O) groups is 1. The van der Waals surface area contributed by atoms with Gasteiger partial charge in [-0.05, 0) is 12.1 Å². The van der Waals surface area contributed by atoms with Crippen molar-refractivity contribution in [2.24, 2.45) is 0 Å². The summed E-state index contributed by atoms with van der Waals surface area (Å²) in [6.45, 7) is 0. The van der Waals surface area contributed by atoms with Gasteiger partial charge in [-0.15, -0.1) is 0 Å². The molecular formula is C10H6N4O. The van der Waals surface area contributed by atoms with Crippen molar-refractivity contribution in [1.29, 1.82) is 5.26 Å². The molecule has 5 heteroatoms. The molecule has 2 aromatic rings. The van der Waals surface area contributed by atoms with Crippen LogP contribution < -0.4 is 5.32 Å². The lowest BCUT2D eigenvalue weighted by atomic mass is 10.3. The highest BCUT2D eigenvalue weighted by atomic mass is 16.1. The fraction of sp³-hybridized carbons (Fsp3) is 0. The van der Waals surface area contributed by atoms with Gasteiger partial charge in [0, 0.05) is 0 Å². The van der Waals surface area contributed by atoms with Crippen LogP contribution in [0.2, 0.25) is 0 Å². The molecule has 0 aliphatic heterocycles. The summed E-state index contributed by atoms with van der Waals surface area (Å²) in [6, 6.07) is 7.20. The number of hydrogen-bond acceptors (Lipinski definition) is 4. The summed E-state index contributed by atoms with van der Waals surface area (Å²) < 4.78 is 0. The molecule has 1 N–H and O–H groups in total. The minimum absolute atomic E-state index is 0.134. The van der Waals surface area contributed by atoms with E-state index >= 15 is 0 Å². The lowest BCUT2D eigenvalue weighted by Gasteiger charge is -1.98. The SMILES string of the molecule is N#CNC(=O)c1cnc2ccccc2n1. The van der Waals surface area contributed by atoms with Gasteiger partial charge in [-0.1, -0.05) is 12.1 Å². The molecule has 0 aliphatic carbocycles. The van der Waals surface area contributed by atoms with Crippen LogP contribution in [0.15, 0.2) is 30.5 Å². The first-order valence-electron chi connectivity index (χ1n) is 4.22. The summed E-state index contributed by atoms with van der Waals surface area (Å²) in [6.07, 6.45) is 2.89. The van der Waals surface area contributed by atoms with E-state index in [-0.39, 0.29) is 5.69 Å². The van der Waals surface area contributed by atoms with Gasteiger partial charge >= 0.3 is 0 Å². The van der Waals surface area contributed by atoms with Crippen molar-refractivity contribution >= 4 is 16.9 Å². The molecule has 0 bridgehead atoms. The molecule has 0 fully saturated rings. The zero-order valence-corrected chi connectivity index (χ0v) is 7.64. The molecule has 0 aliphatic rings. The normalized spacial score (nSPS) is 9.53. The fourth-order valence-electron chi connectivity index (χ4n) is 1.18. The number of amides is 1. The molecule has 15 heavy (non-hydrogen) atoms. The molecule has 0 saturated heterocycles. The van der Waals surface area contributed by atoms with E-state index in [0.29, 0.717) is 11.0 Å². The van der Waals surface area contributed by atoms with Gasteiger partial charge in [0.1, 0.15) is 5.69 Å². The van der Waals surface area contributed by atoms with Crippen LogP contribution in [0.25, 0.3) is 11.0 Å². The van der Waals surface area contributed by atoms with Crippen LogP contribution in [0, 0.1) is 11.5 Å². The number of nitrogens with one attached hydrogen (secondary N) is 1.